The summed E-state index contributed by atoms with van der Waals surface area (Å²) in [5, 5.41) is 6.90. The van der Waals surface area contributed by atoms with Gasteiger partial charge in [0.2, 0.25) is 0 Å². The number of carbonyl (C=O) groups is 1. The molecular formula is C18H19N3OS2. The lowest BCUT2D eigenvalue weighted by Crippen LogP contribution is -2.11. The summed E-state index contributed by atoms with van der Waals surface area (Å²) in [6.45, 7) is 6.20. The zero-order chi connectivity index (χ0) is 17.1. The van der Waals surface area contributed by atoms with E-state index >= 15 is 0 Å². The lowest BCUT2D eigenvalue weighted by molar-refractivity contribution is 0.103. The van der Waals surface area contributed by atoms with Crippen LogP contribution in [0.25, 0.3) is 10.6 Å². The normalized spacial score (nSPS) is 11.0. The average molecular weight is 358 g/mol. The van der Waals surface area contributed by atoms with E-state index < -0.39 is 0 Å². The second kappa shape index (κ2) is 7.23. The maximum absolute atomic E-state index is 12.5. The number of hydrogen-bond acceptors (Lipinski definition) is 5. The standard InChI is InChI=1S/C18H19N3OS2/c1-11(2)10-15-20-12(3)16(24-15)17(22)21-14-6-4-13(5-7-14)18-19-8-9-23-18/h4-9,11H,10H2,1-3H3,(H,21,22). The quantitative estimate of drug-likeness (QED) is 0.697. The highest BCUT2D eigenvalue weighted by Crippen LogP contribution is 2.25. The highest BCUT2D eigenvalue weighted by Gasteiger charge is 2.16. The molecule has 2 heterocycles. The van der Waals surface area contributed by atoms with Crippen LogP contribution in [0, 0.1) is 12.8 Å². The zero-order valence-electron chi connectivity index (χ0n) is 13.9. The van der Waals surface area contributed by atoms with Crippen LogP contribution in [0.2, 0.25) is 0 Å². The summed E-state index contributed by atoms with van der Waals surface area (Å²) in [7, 11) is 0. The first-order valence-electron chi connectivity index (χ1n) is 7.80. The summed E-state index contributed by atoms with van der Waals surface area (Å²) in [5.74, 6) is 0.437. The largest absolute Gasteiger partial charge is 0.321 e. The van der Waals surface area contributed by atoms with Gasteiger partial charge in [0.15, 0.2) is 0 Å². The Bertz CT molecular complexity index is 821. The minimum atomic E-state index is -0.0954. The van der Waals surface area contributed by atoms with E-state index in [1.807, 2.05) is 36.6 Å². The van der Waals surface area contributed by atoms with Gasteiger partial charge in [-0.3, -0.25) is 4.79 Å². The topological polar surface area (TPSA) is 54.9 Å². The van der Waals surface area contributed by atoms with Gasteiger partial charge in [0.1, 0.15) is 9.88 Å². The summed E-state index contributed by atoms with van der Waals surface area (Å²) in [4.78, 5) is 22.0. The van der Waals surface area contributed by atoms with E-state index in [0.717, 1.165) is 33.4 Å². The predicted molar refractivity (Wildman–Crippen MR) is 101 cm³/mol. The van der Waals surface area contributed by atoms with Crippen molar-refractivity contribution in [2.75, 3.05) is 5.32 Å². The second-order valence-electron chi connectivity index (χ2n) is 5.99. The van der Waals surface area contributed by atoms with Crippen LogP contribution in [0.5, 0.6) is 0 Å². The van der Waals surface area contributed by atoms with Crippen LogP contribution in [0.15, 0.2) is 35.8 Å². The third-order valence-corrected chi connectivity index (χ3v) is 5.45. The van der Waals surface area contributed by atoms with Gasteiger partial charge in [-0.2, -0.15) is 0 Å². The molecule has 24 heavy (non-hydrogen) atoms. The number of nitrogens with zero attached hydrogens (tertiary/aromatic N) is 2. The fourth-order valence-corrected chi connectivity index (χ4v) is 4.17. The Hall–Kier alpha value is -2.05. The number of aryl methyl sites for hydroxylation is 1. The number of anilines is 1. The number of rotatable bonds is 5. The third kappa shape index (κ3) is 3.88. The highest BCUT2D eigenvalue weighted by atomic mass is 32.1. The molecule has 124 valence electrons. The van der Waals surface area contributed by atoms with Gasteiger partial charge in [-0.15, -0.1) is 22.7 Å². The Labute approximate surface area is 149 Å². The Morgan fingerprint density at radius 1 is 1.25 bits per heavy atom. The highest BCUT2D eigenvalue weighted by molar-refractivity contribution is 7.14. The second-order valence-corrected chi connectivity index (χ2v) is 7.97. The van der Waals surface area contributed by atoms with Crippen molar-refractivity contribution in [3.8, 4) is 10.6 Å². The molecule has 3 rings (SSSR count). The molecule has 0 fully saturated rings. The smallest absolute Gasteiger partial charge is 0.267 e. The molecule has 0 aliphatic carbocycles. The number of aromatic nitrogens is 2. The lowest BCUT2D eigenvalue weighted by atomic mass is 10.1. The monoisotopic (exact) mass is 357 g/mol. The van der Waals surface area contributed by atoms with Crippen LogP contribution in [0.1, 0.15) is 34.2 Å². The van der Waals surface area contributed by atoms with Crippen molar-refractivity contribution in [3.63, 3.8) is 0 Å². The summed E-state index contributed by atoms with van der Waals surface area (Å²) >= 11 is 3.08. The number of benzene rings is 1. The van der Waals surface area contributed by atoms with Crippen molar-refractivity contribution in [2.45, 2.75) is 27.2 Å². The number of carbonyl (C=O) groups excluding carboxylic acids is 1. The van der Waals surface area contributed by atoms with Crippen LogP contribution < -0.4 is 5.32 Å². The van der Waals surface area contributed by atoms with Gasteiger partial charge in [-0.25, -0.2) is 9.97 Å². The van der Waals surface area contributed by atoms with Crippen molar-refractivity contribution in [1.82, 2.24) is 9.97 Å². The number of thiazole rings is 2. The molecule has 1 aromatic carbocycles. The first-order valence-corrected chi connectivity index (χ1v) is 9.50. The molecule has 0 aliphatic rings. The maximum Gasteiger partial charge on any atom is 0.267 e. The van der Waals surface area contributed by atoms with E-state index in [4.69, 9.17) is 0 Å². The van der Waals surface area contributed by atoms with E-state index in [-0.39, 0.29) is 5.91 Å². The molecule has 3 aromatic rings. The Kier molecular flexibility index (Phi) is 5.06. The molecule has 6 heteroatoms. The van der Waals surface area contributed by atoms with Gasteiger partial charge in [-0.1, -0.05) is 13.8 Å². The van der Waals surface area contributed by atoms with Gasteiger partial charge in [0, 0.05) is 29.2 Å². The molecular weight excluding hydrogens is 338 g/mol. The Morgan fingerprint density at radius 3 is 2.62 bits per heavy atom. The molecule has 0 unspecified atom stereocenters. The molecule has 0 saturated heterocycles. The van der Waals surface area contributed by atoms with Gasteiger partial charge in [-0.05, 0) is 37.1 Å². The molecule has 1 N–H and O–H groups in total. The lowest BCUT2D eigenvalue weighted by Gasteiger charge is -2.05. The van der Waals surface area contributed by atoms with Gasteiger partial charge >= 0.3 is 0 Å². The molecule has 0 aliphatic heterocycles. The fourth-order valence-electron chi connectivity index (χ4n) is 2.35. The Balaban J connectivity index is 1.72. The molecule has 1 amide bonds. The maximum atomic E-state index is 12.5. The van der Waals surface area contributed by atoms with E-state index in [9.17, 15) is 4.79 Å². The van der Waals surface area contributed by atoms with Crippen molar-refractivity contribution in [3.05, 3.63) is 51.4 Å². The first-order chi connectivity index (χ1) is 11.5. The predicted octanol–water partition coefficient (Wildman–Crippen LogP) is 5.03. The first kappa shape index (κ1) is 16.8. The minimum absolute atomic E-state index is 0.0954. The summed E-state index contributed by atoms with van der Waals surface area (Å²) in [6.07, 6.45) is 2.69. The number of nitrogens with one attached hydrogen (secondary N) is 1. The third-order valence-electron chi connectivity index (χ3n) is 3.45. The molecule has 0 radical (unpaired) electrons. The zero-order valence-corrected chi connectivity index (χ0v) is 15.5. The molecule has 2 aromatic heterocycles. The van der Waals surface area contributed by atoms with E-state index in [2.05, 4.69) is 29.1 Å². The SMILES string of the molecule is Cc1nc(CC(C)C)sc1C(=O)Nc1ccc(-c2nccs2)cc1. The molecule has 0 spiro atoms. The van der Waals surface area contributed by atoms with Gasteiger partial charge < -0.3 is 5.32 Å². The van der Waals surface area contributed by atoms with Crippen molar-refractivity contribution >= 4 is 34.3 Å². The summed E-state index contributed by atoms with van der Waals surface area (Å²) < 4.78 is 0. The van der Waals surface area contributed by atoms with Crippen molar-refractivity contribution in [2.24, 2.45) is 5.92 Å². The van der Waals surface area contributed by atoms with Crippen LogP contribution in [0.3, 0.4) is 0 Å². The fraction of sp³-hybridized carbons (Fsp3) is 0.278. The number of amides is 1. The van der Waals surface area contributed by atoms with E-state index in [0.29, 0.717) is 10.8 Å². The van der Waals surface area contributed by atoms with Crippen molar-refractivity contribution in [1.29, 1.82) is 0 Å². The van der Waals surface area contributed by atoms with Crippen molar-refractivity contribution < 1.29 is 4.79 Å². The number of hydrogen-bond donors (Lipinski definition) is 1. The Morgan fingerprint density at radius 2 is 2.00 bits per heavy atom. The summed E-state index contributed by atoms with van der Waals surface area (Å²) in [6, 6.07) is 7.75. The average Bonchev–Trinajstić information content (AvgIpc) is 3.17. The van der Waals surface area contributed by atoms with Gasteiger partial charge in [0.05, 0.1) is 10.7 Å². The molecule has 0 atom stereocenters. The molecule has 4 nitrogen and oxygen atoms in total. The van der Waals surface area contributed by atoms with Crippen LogP contribution in [0.4, 0.5) is 5.69 Å². The van der Waals surface area contributed by atoms with Crippen LogP contribution >= 0.6 is 22.7 Å². The van der Waals surface area contributed by atoms with Crippen LogP contribution in [-0.2, 0) is 6.42 Å². The van der Waals surface area contributed by atoms with E-state index in [1.54, 1.807) is 17.5 Å². The van der Waals surface area contributed by atoms with E-state index in [1.165, 1.54) is 11.3 Å². The van der Waals surface area contributed by atoms with Crippen LogP contribution in [-0.4, -0.2) is 15.9 Å². The molecule has 0 saturated carbocycles. The minimum Gasteiger partial charge on any atom is -0.321 e. The summed E-state index contributed by atoms with van der Waals surface area (Å²) in [5.41, 5.74) is 2.63. The van der Waals surface area contributed by atoms with Gasteiger partial charge in [0.25, 0.3) is 5.91 Å². The molecule has 0 bridgehead atoms.